The van der Waals surface area contributed by atoms with E-state index in [1.807, 2.05) is 6.07 Å². The molecule has 1 aromatic rings. The summed E-state index contributed by atoms with van der Waals surface area (Å²) in [5, 5.41) is 22.1. The fraction of sp³-hybridized carbons (Fsp3) is 0.600. The van der Waals surface area contributed by atoms with Crippen LogP contribution >= 0.6 is 0 Å². The van der Waals surface area contributed by atoms with Gasteiger partial charge in [-0.05, 0) is 56.1 Å². The quantitative estimate of drug-likeness (QED) is 0.687. The SMILES string of the molecule is CC(CNCc1ccc(O)c(O)c1)CN1CCCC1. The highest BCUT2D eigenvalue weighted by Crippen LogP contribution is 2.24. The van der Waals surface area contributed by atoms with E-state index in [0.29, 0.717) is 5.92 Å². The third-order valence-electron chi connectivity index (χ3n) is 3.63. The minimum atomic E-state index is -0.0637. The summed E-state index contributed by atoms with van der Waals surface area (Å²) < 4.78 is 0. The second-order valence-electron chi connectivity index (χ2n) is 5.57. The monoisotopic (exact) mass is 264 g/mol. The molecule has 1 aromatic carbocycles. The average molecular weight is 264 g/mol. The van der Waals surface area contributed by atoms with Crippen LogP contribution in [-0.2, 0) is 6.54 Å². The number of nitrogens with zero attached hydrogens (tertiary/aromatic N) is 1. The van der Waals surface area contributed by atoms with Gasteiger partial charge >= 0.3 is 0 Å². The summed E-state index contributed by atoms with van der Waals surface area (Å²) in [5.41, 5.74) is 0.990. The lowest BCUT2D eigenvalue weighted by atomic mass is 10.1. The maximum Gasteiger partial charge on any atom is 0.157 e. The first-order valence-electron chi connectivity index (χ1n) is 7.09. The Morgan fingerprint density at radius 3 is 2.63 bits per heavy atom. The average Bonchev–Trinajstić information content (AvgIpc) is 2.86. The number of hydrogen-bond donors (Lipinski definition) is 3. The van der Waals surface area contributed by atoms with Gasteiger partial charge in [0, 0.05) is 13.1 Å². The van der Waals surface area contributed by atoms with Crippen LogP contribution < -0.4 is 5.32 Å². The summed E-state index contributed by atoms with van der Waals surface area (Å²) in [7, 11) is 0. The molecule has 4 heteroatoms. The zero-order valence-corrected chi connectivity index (χ0v) is 11.6. The van der Waals surface area contributed by atoms with Crippen LogP contribution in [0.2, 0.25) is 0 Å². The van der Waals surface area contributed by atoms with Gasteiger partial charge in [-0.25, -0.2) is 0 Å². The van der Waals surface area contributed by atoms with Crippen LogP contribution in [-0.4, -0.2) is 41.3 Å². The van der Waals surface area contributed by atoms with Gasteiger partial charge in [0.15, 0.2) is 11.5 Å². The van der Waals surface area contributed by atoms with Gasteiger partial charge in [0.2, 0.25) is 0 Å². The molecule has 19 heavy (non-hydrogen) atoms. The lowest BCUT2D eigenvalue weighted by Crippen LogP contribution is -2.31. The summed E-state index contributed by atoms with van der Waals surface area (Å²) in [4.78, 5) is 2.53. The molecule has 1 atom stereocenters. The van der Waals surface area contributed by atoms with Crippen molar-refractivity contribution in [1.29, 1.82) is 0 Å². The maximum absolute atomic E-state index is 9.41. The summed E-state index contributed by atoms with van der Waals surface area (Å²) >= 11 is 0. The molecule has 0 aromatic heterocycles. The number of benzene rings is 1. The summed E-state index contributed by atoms with van der Waals surface area (Å²) in [5.74, 6) is 0.513. The third kappa shape index (κ3) is 4.40. The van der Waals surface area contributed by atoms with Gasteiger partial charge < -0.3 is 20.4 Å². The van der Waals surface area contributed by atoms with Crippen LogP contribution in [0.4, 0.5) is 0 Å². The molecular weight excluding hydrogens is 240 g/mol. The smallest absolute Gasteiger partial charge is 0.157 e. The molecule has 1 aliphatic rings. The number of aromatic hydroxyl groups is 2. The van der Waals surface area contributed by atoms with Crippen molar-refractivity contribution in [3.63, 3.8) is 0 Å². The number of rotatable bonds is 6. The Labute approximate surface area is 115 Å². The molecule has 106 valence electrons. The normalized spacial score (nSPS) is 17.7. The molecule has 1 saturated heterocycles. The van der Waals surface area contributed by atoms with Gasteiger partial charge in [-0.15, -0.1) is 0 Å². The van der Waals surface area contributed by atoms with Crippen molar-refractivity contribution >= 4 is 0 Å². The molecule has 0 spiro atoms. The second kappa shape index (κ2) is 6.78. The van der Waals surface area contributed by atoms with E-state index < -0.39 is 0 Å². The fourth-order valence-corrected chi connectivity index (χ4v) is 2.61. The molecule has 0 saturated carbocycles. The minimum absolute atomic E-state index is 0.0515. The van der Waals surface area contributed by atoms with Crippen molar-refractivity contribution in [2.75, 3.05) is 26.2 Å². The Kier molecular flexibility index (Phi) is 5.05. The van der Waals surface area contributed by atoms with Crippen molar-refractivity contribution in [1.82, 2.24) is 10.2 Å². The summed E-state index contributed by atoms with van der Waals surface area (Å²) in [6.07, 6.45) is 2.68. The first-order chi connectivity index (χ1) is 9.15. The Balaban J connectivity index is 1.68. The van der Waals surface area contributed by atoms with Crippen LogP contribution in [0.1, 0.15) is 25.3 Å². The Hall–Kier alpha value is -1.26. The zero-order valence-electron chi connectivity index (χ0n) is 11.6. The van der Waals surface area contributed by atoms with E-state index in [-0.39, 0.29) is 11.5 Å². The topological polar surface area (TPSA) is 55.7 Å². The van der Waals surface area contributed by atoms with E-state index in [0.717, 1.165) is 25.2 Å². The van der Waals surface area contributed by atoms with Crippen molar-refractivity contribution in [2.45, 2.75) is 26.3 Å². The van der Waals surface area contributed by atoms with Crippen LogP contribution in [0, 0.1) is 5.92 Å². The predicted octanol–water partition coefficient (Wildman–Crippen LogP) is 1.92. The molecule has 0 aliphatic carbocycles. The lowest BCUT2D eigenvalue weighted by Gasteiger charge is -2.20. The van der Waals surface area contributed by atoms with E-state index in [1.54, 1.807) is 6.07 Å². The van der Waals surface area contributed by atoms with E-state index in [2.05, 4.69) is 17.1 Å². The lowest BCUT2D eigenvalue weighted by molar-refractivity contribution is 0.282. The summed E-state index contributed by atoms with van der Waals surface area (Å²) in [6, 6.07) is 4.96. The molecule has 2 rings (SSSR count). The fourth-order valence-electron chi connectivity index (χ4n) is 2.61. The van der Waals surface area contributed by atoms with Crippen molar-refractivity contribution < 1.29 is 10.2 Å². The standard InChI is InChI=1S/C15H24N2O2/c1-12(11-17-6-2-3-7-17)9-16-10-13-4-5-14(18)15(19)8-13/h4-5,8,12,16,18-19H,2-3,6-7,9-11H2,1H3. The molecule has 4 nitrogen and oxygen atoms in total. The molecule has 3 N–H and O–H groups in total. The largest absolute Gasteiger partial charge is 0.504 e. The molecule has 1 heterocycles. The highest BCUT2D eigenvalue weighted by Gasteiger charge is 2.14. The highest BCUT2D eigenvalue weighted by molar-refractivity contribution is 5.40. The van der Waals surface area contributed by atoms with Crippen LogP contribution in [0.5, 0.6) is 11.5 Å². The van der Waals surface area contributed by atoms with Crippen LogP contribution in [0.15, 0.2) is 18.2 Å². The second-order valence-corrected chi connectivity index (χ2v) is 5.57. The zero-order chi connectivity index (χ0) is 13.7. The Bertz CT molecular complexity index is 403. The predicted molar refractivity (Wildman–Crippen MR) is 76.3 cm³/mol. The molecule has 1 unspecified atom stereocenters. The number of hydrogen-bond acceptors (Lipinski definition) is 4. The van der Waals surface area contributed by atoms with Gasteiger partial charge in [0.25, 0.3) is 0 Å². The molecule has 0 radical (unpaired) electrons. The van der Waals surface area contributed by atoms with Crippen LogP contribution in [0.3, 0.4) is 0 Å². The molecule has 0 bridgehead atoms. The Morgan fingerprint density at radius 2 is 1.95 bits per heavy atom. The Morgan fingerprint density at radius 1 is 1.21 bits per heavy atom. The van der Waals surface area contributed by atoms with Gasteiger partial charge in [-0.2, -0.15) is 0 Å². The van der Waals surface area contributed by atoms with Gasteiger partial charge in [-0.1, -0.05) is 13.0 Å². The van der Waals surface area contributed by atoms with E-state index >= 15 is 0 Å². The van der Waals surface area contributed by atoms with Crippen molar-refractivity contribution in [2.24, 2.45) is 5.92 Å². The molecule has 0 amide bonds. The maximum atomic E-state index is 9.41. The number of nitrogens with one attached hydrogen (secondary N) is 1. The van der Waals surface area contributed by atoms with Crippen LogP contribution in [0.25, 0.3) is 0 Å². The van der Waals surface area contributed by atoms with Gasteiger partial charge in [0.1, 0.15) is 0 Å². The summed E-state index contributed by atoms with van der Waals surface area (Å²) in [6.45, 7) is 7.61. The van der Waals surface area contributed by atoms with Crippen molar-refractivity contribution in [3.05, 3.63) is 23.8 Å². The first-order valence-corrected chi connectivity index (χ1v) is 7.09. The molecular formula is C15H24N2O2. The van der Waals surface area contributed by atoms with Gasteiger partial charge in [-0.3, -0.25) is 0 Å². The van der Waals surface area contributed by atoms with Gasteiger partial charge in [0.05, 0.1) is 0 Å². The van der Waals surface area contributed by atoms with E-state index in [9.17, 15) is 10.2 Å². The number of phenolic OH excluding ortho intramolecular Hbond substituents is 2. The third-order valence-corrected chi connectivity index (χ3v) is 3.63. The van der Waals surface area contributed by atoms with E-state index in [1.165, 1.54) is 32.0 Å². The highest BCUT2D eigenvalue weighted by atomic mass is 16.3. The van der Waals surface area contributed by atoms with E-state index in [4.69, 9.17) is 0 Å². The number of phenols is 2. The first kappa shape index (κ1) is 14.2. The molecule has 1 aliphatic heterocycles. The molecule has 1 fully saturated rings. The van der Waals surface area contributed by atoms with Crippen molar-refractivity contribution in [3.8, 4) is 11.5 Å². The number of likely N-dealkylation sites (tertiary alicyclic amines) is 1. The minimum Gasteiger partial charge on any atom is -0.504 e.